The zero-order chi connectivity index (χ0) is 26.3. The molecule has 3 aromatic heterocycles. The second-order valence-electron chi connectivity index (χ2n) is 10.9. The summed E-state index contributed by atoms with van der Waals surface area (Å²) in [6.45, 7) is 4.71. The maximum atomic E-state index is 13.6. The van der Waals surface area contributed by atoms with Crippen LogP contribution in [-0.2, 0) is 17.1 Å². The van der Waals surface area contributed by atoms with Crippen LogP contribution in [0, 0.1) is 0 Å². The van der Waals surface area contributed by atoms with Gasteiger partial charge in [-0.2, -0.15) is 5.10 Å². The highest BCUT2D eigenvalue weighted by molar-refractivity contribution is 7.90. The molecule has 0 radical (unpaired) electrons. The van der Waals surface area contributed by atoms with Crippen LogP contribution in [-0.4, -0.2) is 76.2 Å². The summed E-state index contributed by atoms with van der Waals surface area (Å²) < 4.78 is 30.3. The first kappa shape index (κ1) is 25.3. The SMILES string of the molecule is CN1CCCN(C2CCC(c3cnc4c(c3)c(-c3cnn(C)c3)cn4S(=O)(=O)c3ccccc3)CC2)CC1. The number of hydrogen-bond donors (Lipinski definition) is 0. The minimum absolute atomic E-state index is 0.249. The Balaban J connectivity index is 1.32. The van der Waals surface area contributed by atoms with Gasteiger partial charge in [0.2, 0.25) is 0 Å². The highest BCUT2D eigenvalue weighted by Crippen LogP contribution is 2.38. The van der Waals surface area contributed by atoms with E-state index >= 15 is 0 Å². The van der Waals surface area contributed by atoms with Crippen molar-refractivity contribution < 1.29 is 8.42 Å². The van der Waals surface area contributed by atoms with Crippen molar-refractivity contribution >= 4 is 21.1 Å². The molecule has 0 N–H and O–H groups in total. The van der Waals surface area contributed by atoms with E-state index in [9.17, 15) is 8.42 Å². The van der Waals surface area contributed by atoms with Crippen LogP contribution in [0.2, 0.25) is 0 Å². The predicted octanol–water partition coefficient (Wildman–Crippen LogP) is 4.34. The Kier molecular flexibility index (Phi) is 6.84. The number of aryl methyl sites for hydroxylation is 1. The fourth-order valence-corrected chi connectivity index (χ4v) is 7.55. The Morgan fingerprint density at radius 3 is 2.42 bits per heavy atom. The van der Waals surface area contributed by atoms with E-state index in [1.54, 1.807) is 41.3 Å². The van der Waals surface area contributed by atoms with Gasteiger partial charge in [-0.25, -0.2) is 17.4 Å². The van der Waals surface area contributed by atoms with Crippen molar-refractivity contribution in [3.8, 4) is 11.1 Å². The highest BCUT2D eigenvalue weighted by Gasteiger charge is 2.29. The molecule has 4 aromatic rings. The van der Waals surface area contributed by atoms with E-state index in [0.717, 1.165) is 42.4 Å². The van der Waals surface area contributed by atoms with Crippen molar-refractivity contribution in [3.05, 3.63) is 66.7 Å². The van der Waals surface area contributed by atoms with E-state index in [2.05, 4.69) is 28.0 Å². The van der Waals surface area contributed by atoms with Crippen LogP contribution in [0.25, 0.3) is 22.2 Å². The predicted molar refractivity (Wildman–Crippen MR) is 150 cm³/mol. The van der Waals surface area contributed by atoms with E-state index in [0.29, 0.717) is 17.6 Å². The standard InChI is InChI=1S/C29H36N6O2S/c1-32-13-6-14-34(16-15-32)25-11-9-22(10-12-25)23-17-27-28(24-19-31-33(2)20-24)21-35(29(27)30-18-23)38(36,37)26-7-4-3-5-8-26/h3-5,7-8,17-22,25H,6,9-16H2,1-2H3. The lowest BCUT2D eigenvalue weighted by Gasteiger charge is -2.36. The fourth-order valence-electron chi connectivity index (χ4n) is 6.20. The summed E-state index contributed by atoms with van der Waals surface area (Å²) in [5.41, 5.74) is 3.38. The number of pyridine rings is 1. The van der Waals surface area contributed by atoms with Gasteiger partial charge in [-0.05, 0) is 81.9 Å². The smallest absolute Gasteiger partial charge is 0.269 e. The molecular weight excluding hydrogens is 496 g/mol. The van der Waals surface area contributed by atoms with Crippen LogP contribution in [0.3, 0.4) is 0 Å². The van der Waals surface area contributed by atoms with Crippen LogP contribution in [0.15, 0.2) is 66.1 Å². The van der Waals surface area contributed by atoms with E-state index in [1.807, 2.05) is 25.5 Å². The molecule has 0 amide bonds. The quantitative estimate of drug-likeness (QED) is 0.381. The molecule has 2 fully saturated rings. The Morgan fingerprint density at radius 1 is 0.895 bits per heavy atom. The first-order valence-electron chi connectivity index (χ1n) is 13.6. The molecule has 2 aliphatic rings. The van der Waals surface area contributed by atoms with Gasteiger partial charge < -0.3 is 4.90 Å². The number of fused-ring (bicyclic) bond motifs is 1. The van der Waals surface area contributed by atoms with E-state index in [-0.39, 0.29) is 4.90 Å². The molecule has 200 valence electrons. The van der Waals surface area contributed by atoms with Crippen molar-refractivity contribution in [2.45, 2.75) is 49.0 Å². The lowest BCUT2D eigenvalue weighted by molar-refractivity contribution is 0.154. The average Bonchev–Trinajstić information content (AvgIpc) is 3.47. The molecule has 6 rings (SSSR count). The zero-order valence-electron chi connectivity index (χ0n) is 22.2. The second kappa shape index (κ2) is 10.3. The third kappa shape index (κ3) is 4.79. The molecule has 1 saturated heterocycles. The fraction of sp³-hybridized carbons (Fsp3) is 0.448. The summed E-state index contributed by atoms with van der Waals surface area (Å²) in [5.74, 6) is 0.439. The summed E-state index contributed by atoms with van der Waals surface area (Å²) in [5, 5.41) is 5.19. The Morgan fingerprint density at radius 2 is 1.68 bits per heavy atom. The molecule has 0 bridgehead atoms. The first-order valence-corrected chi connectivity index (χ1v) is 15.1. The van der Waals surface area contributed by atoms with Crippen molar-refractivity contribution in [1.82, 2.24) is 28.5 Å². The zero-order valence-corrected chi connectivity index (χ0v) is 23.0. The number of likely N-dealkylation sites (N-methyl/N-ethyl adjacent to an activating group) is 1. The summed E-state index contributed by atoms with van der Waals surface area (Å²) in [6.07, 6.45) is 13.2. The Bertz CT molecular complexity index is 1520. The lowest BCUT2D eigenvalue weighted by atomic mass is 9.81. The number of hydrogen-bond acceptors (Lipinski definition) is 6. The molecule has 1 aromatic carbocycles. The summed E-state index contributed by atoms with van der Waals surface area (Å²) in [6, 6.07) is 11.4. The van der Waals surface area contributed by atoms with E-state index in [1.165, 1.54) is 41.9 Å². The number of aromatic nitrogens is 4. The molecule has 1 saturated carbocycles. The maximum absolute atomic E-state index is 13.6. The molecule has 8 nitrogen and oxygen atoms in total. The van der Waals surface area contributed by atoms with Crippen LogP contribution >= 0.6 is 0 Å². The number of benzene rings is 1. The molecular formula is C29H36N6O2S. The van der Waals surface area contributed by atoms with Crippen LogP contribution in [0.4, 0.5) is 0 Å². The lowest BCUT2D eigenvalue weighted by Crippen LogP contribution is -2.40. The van der Waals surface area contributed by atoms with Gasteiger partial charge in [-0.3, -0.25) is 9.58 Å². The Labute approximate surface area is 224 Å². The van der Waals surface area contributed by atoms with Crippen molar-refractivity contribution in [1.29, 1.82) is 0 Å². The molecule has 4 heterocycles. The monoisotopic (exact) mass is 532 g/mol. The average molecular weight is 533 g/mol. The van der Waals surface area contributed by atoms with Gasteiger partial charge in [0.1, 0.15) is 0 Å². The molecule has 9 heteroatoms. The van der Waals surface area contributed by atoms with Crippen LogP contribution in [0.5, 0.6) is 0 Å². The number of rotatable bonds is 5. The topological polar surface area (TPSA) is 76.3 Å². The minimum Gasteiger partial charge on any atom is -0.305 e. The van der Waals surface area contributed by atoms with Gasteiger partial charge in [0.15, 0.2) is 5.65 Å². The minimum atomic E-state index is -3.79. The third-order valence-corrected chi connectivity index (χ3v) is 10.1. The second-order valence-corrected chi connectivity index (χ2v) is 12.7. The molecule has 1 aliphatic carbocycles. The van der Waals surface area contributed by atoms with Gasteiger partial charge >= 0.3 is 0 Å². The maximum Gasteiger partial charge on any atom is 0.269 e. The van der Waals surface area contributed by atoms with Gasteiger partial charge in [0, 0.05) is 61.3 Å². The largest absolute Gasteiger partial charge is 0.305 e. The van der Waals surface area contributed by atoms with Gasteiger partial charge in [-0.1, -0.05) is 18.2 Å². The first-order chi connectivity index (χ1) is 18.4. The van der Waals surface area contributed by atoms with Crippen molar-refractivity contribution in [2.75, 3.05) is 33.2 Å². The van der Waals surface area contributed by atoms with E-state index in [4.69, 9.17) is 4.98 Å². The normalized spacial score (nSPS) is 22.1. The Hall–Kier alpha value is -3.01. The third-order valence-electron chi connectivity index (χ3n) is 8.39. The molecule has 38 heavy (non-hydrogen) atoms. The molecule has 0 unspecified atom stereocenters. The summed E-state index contributed by atoms with van der Waals surface area (Å²) in [7, 11) is 0.300. The number of nitrogens with zero attached hydrogens (tertiary/aromatic N) is 6. The van der Waals surface area contributed by atoms with Crippen LogP contribution in [0.1, 0.15) is 43.6 Å². The van der Waals surface area contributed by atoms with Gasteiger partial charge in [0.25, 0.3) is 10.0 Å². The van der Waals surface area contributed by atoms with Crippen LogP contribution < -0.4 is 0 Å². The highest BCUT2D eigenvalue weighted by atomic mass is 32.2. The summed E-state index contributed by atoms with van der Waals surface area (Å²) in [4.78, 5) is 10.2. The molecule has 0 spiro atoms. The van der Waals surface area contributed by atoms with Crippen molar-refractivity contribution in [3.63, 3.8) is 0 Å². The van der Waals surface area contributed by atoms with Gasteiger partial charge in [-0.15, -0.1) is 0 Å². The van der Waals surface area contributed by atoms with Gasteiger partial charge in [0.05, 0.1) is 11.1 Å². The van der Waals surface area contributed by atoms with E-state index < -0.39 is 10.0 Å². The van der Waals surface area contributed by atoms with Crippen molar-refractivity contribution in [2.24, 2.45) is 7.05 Å². The molecule has 0 atom stereocenters. The molecule has 1 aliphatic heterocycles. The summed E-state index contributed by atoms with van der Waals surface area (Å²) >= 11 is 0.